The van der Waals surface area contributed by atoms with Gasteiger partial charge in [0.05, 0.1) is 0 Å². The molecule has 0 atom stereocenters. The largest absolute Gasteiger partial charge is 0.381 e. The number of nitrogens with one attached hydrogen (secondary N) is 1. The van der Waals surface area contributed by atoms with Crippen molar-refractivity contribution < 1.29 is 4.39 Å². The van der Waals surface area contributed by atoms with Crippen LogP contribution in [-0.2, 0) is 6.54 Å². The van der Waals surface area contributed by atoms with Gasteiger partial charge < -0.3 is 5.32 Å². The Hall–Kier alpha value is -1.83. The SMILES string of the molecule is Cc1cccc(CNc2ccc(F)cc2)c1C. The van der Waals surface area contributed by atoms with Gasteiger partial charge in [-0.15, -0.1) is 0 Å². The molecule has 0 heterocycles. The van der Waals surface area contributed by atoms with Crippen LogP contribution >= 0.6 is 0 Å². The highest BCUT2D eigenvalue weighted by Gasteiger charge is 2.00. The van der Waals surface area contributed by atoms with Crippen LogP contribution in [0.25, 0.3) is 0 Å². The van der Waals surface area contributed by atoms with Gasteiger partial charge in [0.1, 0.15) is 5.82 Å². The molecule has 0 saturated carbocycles. The zero-order valence-corrected chi connectivity index (χ0v) is 10.1. The molecule has 0 fully saturated rings. The van der Waals surface area contributed by atoms with Gasteiger partial charge in [-0.05, 0) is 54.8 Å². The molecule has 1 nitrogen and oxygen atoms in total. The van der Waals surface area contributed by atoms with Crippen molar-refractivity contribution in [2.45, 2.75) is 20.4 Å². The monoisotopic (exact) mass is 229 g/mol. The molecule has 2 heteroatoms. The van der Waals surface area contributed by atoms with Gasteiger partial charge in [-0.2, -0.15) is 0 Å². The normalized spacial score (nSPS) is 10.3. The molecule has 88 valence electrons. The van der Waals surface area contributed by atoms with Crippen molar-refractivity contribution in [2.24, 2.45) is 0 Å². The van der Waals surface area contributed by atoms with Crippen molar-refractivity contribution in [1.29, 1.82) is 0 Å². The quantitative estimate of drug-likeness (QED) is 0.837. The topological polar surface area (TPSA) is 12.0 Å². The van der Waals surface area contributed by atoms with Gasteiger partial charge in [0, 0.05) is 12.2 Å². The molecule has 0 aromatic heterocycles. The zero-order valence-electron chi connectivity index (χ0n) is 10.1. The maximum absolute atomic E-state index is 12.7. The third-order valence-electron chi connectivity index (χ3n) is 3.04. The van der Waals surface area contributed by atoms with E-state index in [1.807, 2.05) is 0 Å². The van der Waals surface area contributed by atoms with E-state index in [-0.39, 0.29) is 5.82 Å². The van der Waals surface area contributed by atoms with Crippen LogP contribution in [0.5, 0.6) is 0 Å². The van der Waals surface area contributed by atoms with Gasteiger partial charge in [0.25, 0.3) is 0 Å². The van der Waals surface area contributed by atoms with E-state index in [9.17, 15) is 4.39 Å². The van der Waals surface area contributed by atoms with E-state index >= 15 is 0 Å². The van der Waals surface area contributed by atoms with E-state index in [2.05, 4.69) is 37.4 Å². The summed E-state index contributed by atoms with van der Waals surface area (Å²) in [5.74, 6) is -0.206. The lowest BCUT2D eigenvalue weighted by Gasteiger charge is -2.10. The fraction of sp³-hybridized carbons (Fsp3) is 0.200. The van der Waals surface area contributed by atoms with Crippen molar-refractivity contribution >= 4 is 5.69 Å². The molecule has 0 aliphatic rings. The Bertz CT molecular complexity index is 503. The summed E-state index contributed by atoms with van der Waals surface area (Å²) in [6.45, 7) is 4.99. The Kier molecular flexibility index (Phi) is 3.43. The number of aryl methyl sites for hydroxylation is 1. The summed E-state index contributed by atoms with van der Waals surface area (Å²) in [4.78, 5) is 0. The number of anilines is 1. The standard InChI is InChI=1S/C15H16FN/c1-11-4-3-5-13(12(11)2)10-17-15-8-6-14(16)7-9-15/h3-9,17H,10H2,1-2H3. The van der Waals surface area contributed by atoms with Gasteiger partial charge in [-0.3, -0.25) is 0 Å². The smallest absolute Gasteiger partial charge is 0.123 e. The molecule has 0 unspecified atom stereocenters. The van der Waals surface area contributed by atoms with Crippen LogP contribution in [0.1, 0.15) is 16.7 Å². The van der Waals surface area contributed by atoms with E-state index in [1.54, 1.807) is 12.1 Å². The van der Waals surface area contributed by atoms with Crippen molar-refractivity contribution in [2.75, 3.05) is 5.32 Å². The second kappa shape index (κ2) is 5.00. The average molecular weight is 229 g/mol. The molecule has 0 aliphatic carbocycles. The molecule has 1 N–H and O–H groups in total. The van der Waals surface area contributed by atoms with Gasteiger partial charge in [0.2, 0.25) is 0 Å². The molecule has 17 heavy (non-hydrogen) atoms. The Balaban J connectivity index is 2.07. The van der Waals surface area contributed by atoms with Crippen LogP contribution in [0.15, 0.2) is 42.5 Å². The van der Waals surface area contributed by atoms with E-state index in [0.717, 1.165) is 12.2 Å². The molecule has 2 aromatic rings. The summed E-state index contributed by atoms with van der Waals surface area (Å²) in [7, 11) is 0. The lowest BCUT2D eigenvalue weighted by molar-refractivity contribution is 0.628. The molecule has 2 rings (SSSR count). The maximum Gasteiger partial charge on any atom is 0.123 e. The minimum Gasteiger partial charge on any atom is -0.381 e. The molecule has 0 aliphatic heterocycles. The molecule has 0 bridgehead atoms. The zero-order chi connectivity index (χ0) is 12.3. The predicted molar refractivity (Wildman–Crippen MR) is 69.6 cm³/mol. The number of rotatable bonds is 3. The summed E-state index contributed by atoms with van der Waals surface area (Å²) in [6.07, 6.45) is 0. The van der Waals surface area contributed by atoms with Crippen LogP contribution in [0.3, 0.4) is 0 Å². The fourth-order valence-corrected chi connectivity index (χ4v) is 1.77. The van der Waals surface area contributed by atoms with Gasteiger partial charge in [-0.25, -0.2) is 4.39 Å². The molecular weight excluding hydrogens is 213 g/mol. The first-order valence-corrected chi connectivity index (χ1v) is 5.71. The summed E-state index contributed by atoms with van der Waals surface area (Å²) < 4.78 is 12.7. The van der Waals surface area contributed by atoms with Crippen molar-refractivity contribution in [3.63, 3.8) is 0 Å². The Morgan fingerprint density at radius 3 is 2.41 bits per heavy atom. The predicted octanol–water partition coefficient (Wildman–Crippen LogP) is 4.05. The minimum absolute atomic E-state index is 0.206. The highest BCUT2D eigenvalue weighted by Crippen LogP contribution is 2.15. The lowest BCUT2D eigenvalue weighted by Crippen LogP contribution is -2.02. The minimum atomic E-state index is -0.206. The fourth-order valence-electron chi connectivity index (χ4n) is 1.77. The Labute approximate surface area is 101 Å². The molecule has 0 spiro atoms. The van der Waals surface area contributed by atoms with Crippen molar-refractivity contribution in [1.82, 2.24) is 0 Å². The Morgan fingerprint density at radius 1 is 1.00 bits per heavy atom. The van der Waals surface area contributed by atoms with Crippen molar-refractivity contribution in [3.8, 4) is 0 Å². The summed E-state index contributed by atoms with van der Waals surface area (Å²) in [6, 6.07) is 12.7. The second-order valence-electron chi connectivity index (χ2n) is 4.22. The third-order valence-corrected chi connectivity index (χ3v) is 3.04. The summed E-state index contributed by atoms with van der Waals surface area (Å²) in [5, 5.41) is 3.29. The summed E-state index contributed by atoms with van der Waals surface area (Å²) >= 11 is 0. The lowest BCUT2D eigenvalue weighted by atomic mass is 10.0. The highest BCUT2D eigenvalue weighted by molar-refractivity contribution is 5.44. The van der Waals surface area contributed by atoms with E-state index in [0.29, 0.717) is 0 Å². The summed E-state index contributed by atoms with van der Waals surface area (Å²) in [5.41, 5.74) is 4.81. The van der Waals surface area contributed by atoms with E-state index in [4.69, 9.17) is 0 Å². The number of hydrogen-bond donors (Lipinski definition) is 1. The highest BCUT2D eigenvalue weighted by atomic mass is 19.1. The first kappa shape index (κ1) is 11.6. The first-order chi connectivity index (χ1) is 8.16. The number of hydrogen-bond acceptors (Lipinski definition) is 1. The molecule has 0 amide bonds. The Morgan fingerprint density at radius 2 is 1.71 bits per heavy atom. The molecule has 2 aromatic carbocycles. The van der Waals surface area contributed by atoms with Crippen LogP contribution in [0.4, 0.5) is 10.1 Å². The number of halogens is 1. The average Bonchev–Trinajstić information content (AvgIpc) is 2.33. The number of benzene rings is 2. The van der Waals surface area contributed by atoms with Crippen LogP contribution < -0.4 is 5.32 Å². The van der Waals surface area contributed by atoms with E-state index in [1.165, 1.54) is 28.8 Å². The maximum atomic E-state index is 12.7. The van der Waals surface area contributed by atoms with Crippen LogP contribution in [0, 0.1) is 19.7 Å². The third kappa shape index (κ3) is 2.84. The van der Waals surface area contributed by atoms with Crippen LogP contribution in [-0.4, -0.2) is 0 Å². The molecule has 0 saturated heterocycles. The van der Waals surface area contributed by atoms with Crippen LogP contribution in [0.2, 0.25) is 0 Å². The van der Waals surface area contributed by atoms with Gasteiger partial charge >= 0.3 is 0 Å². The molecular formula is C15H16FN. The van der Waals surface area contributed by atoms with E-state index < -0.39 is 0 Å². The van der Waals surface area contributed by atoms with Gasteiger partial charge in [0.15, 0.2) is 0 Å². The first-order valence-electron chi connectivity index (χ1n) is 5.71. The van der Waals surface area contributed by atoms with Gasteiger partial charge in [-0.1, -0.05) is 18.2 Å². The molecule has 0 radical (unpaired) electrons. The van der Waals surface area contributed by atoms with Crippen molar-refractivity contribution in [3.05, 3.63) is 65.0 Å². The second-order valence-corrected chi connectivity index (χ2v) is 4.22.